The topological polar surface area (TPSA) is 38.1 Å². The summed E-state index contributed by atoms with van der Waals surface area (Å²) >= 11 is 5.83. The van der Waals surface area contributed by atoms with Crippen molar-refractivity contribution in [3.63, 3.8) is 0 Å². The molecule has 0 radical (unpaired) electrons. The predicted octanol–water partition coefficient (Wildman–Crippen LogP) is 2.83. The maximum absolute atomic E-state index is 9.53. The van der Waals surface area contributed by atoms with Gasteiger partial charge in [-0.05, 0) is 31.0 Å². The second-order valence-electron chi connectivity index (χ2n) is 4.03. The first-order chi connectivity index (χ1) is 8.16. The molecule has 0 aliphatic rings. The van der Waals surface area contributed by atoms with Gasteiger partial charge in [-0.1, -0.05) is 23.7 Å². The van der Waals surface area contributed by atoms with Crippen LogP contribution in [0.2, 0.25) is 5.02 Å². The lowest BCUT2D eigenvalue weighted by Crippen LogP contribution is -2.08. The second-order valence-corrected chi connectivity index (χ2v) is 4.47. The molecule has 1 N–H and O–H groups in total. The first-order valence-electron chi connectivity index (χ1n) is 5.60. The Labute approximate surface area is 106 Å². The molecule has 2 aromatic rings. The van der Waals surface area contributed by atoms with E-state index in [0.717, 1.165) is 18.0 Å². The average Bonchev–Trinajstić information content (AvgIpc) is 2.76. The van der Waals surface area contributed by atoms with Crippen LogP contribution in [0.15, 0.2) is 36.7 Å². The molecule has 1 aromatic heterocycles. The number of aliphatic hydroxyl groups excluding tert-OH is 1. The first kappa shape index (κ1) is 12.1. The minimum atomic E-state index is -0.532. The fourth-order valence-corrected chi connectivity index (χ4v) is 1.90. The number of aryl methyl sites for hydroxylation is 2. The lowest BCUT2D eigenvalue weighted by atomic mass is 10.1. The van der Waals surface area contributed by atoms with E-state index in [1.165, 1.54) is 5.56 Å². The molecule has 0 aliphatic heterocycles. The number of hydrogen-bond donors (Lipinski definition) is 1. The van der Waals surface area contributed by atoms with Gasteiger partial charge in [0, 0.05) is 24.0 Å². The van der Waals surface area contributed by atoms with Crippen LogP contribution in [0, 0.1) is 0 Å². The molecule has 0 spiro atoms. The first-order valence-corrected chi connectivity index (χ1v) is 5.98. The number of nitrogens with zero attached hydrogens (tertiary/aromatic N) is 2. The summed E-state index contributed by atoms with van der Waals surface area (Å²) < 4.78 is 1.97. The number of benzene rings is 1. The van der Waals surface area contributed by atoms with E-state index >= 15 is 0 Å². The van der Waals surface area contributed by atoms with E-state index in [-0.39, 0.29) is 0 Å². The molecule has 4 heteroatoms. The Morgan fingerprint density at radius 1 is 1.35 bits per heavy atom. The van der Waals surface area contributed by atoms with Crippen molar-refractivity contribution in [2.24, 2.45) is 0 Å². The molecule has 0 aliphatic carbocycles. The number of aromatic nitrogens is 2. The van der Waals surface area contributed by atoms with Gasteiger partial charge in [0.05, 0.1) is 0 Å². The highest BCUT2D eigenvalue weighted by atomic mass is 35.5. The van der Waals surface area contributed by atoms with E-state index in [1.54, 1.807) is 13.1 Å². The summed E-state index contributed by atoms with van der Waals surface area (Å²) in [5.74, 6) is 0.707. The van der Waals surface area contributed by atoms with Gasteiger partial charge >= 0.3 is 0 Å². The van der Waals surface area contributed by atoms with Crippen molar-refractivity contribution in [2.75, 3.05) is 0 Å². The van der Waals surface area contributed by atoms with Gasteiger partial charge in [-0.15, -0.1) is 0 Å². The summed E-state index contributed by atoms with van der Waals surface area (Å²) in [6, 6.07) is 7.81. The minimum absolute atomic E-state index is 0.532. The summed E-state index contributed by atoms with van der Waals surface area (Å²) in [6.07, 6.45) is 3.96. The van der Waals surface area contributed by atoms with Crippen molar-refractivity contribution >= 4 is 11.6 Å². The van der Waals surface area contributed by atoms with Gasteiger partial charge in [0.15, 0.2) is 0 Å². The van der Waals surface area contributed by atoms with Crippen molar-refractivity contribution in [1.29, 1.82) is 0 Å². The molecular weight excluding hydrogens is 236 g/mol. The quantitative estimate of drug-likeness (QED) is 0.906. The standard InChI is InChI=1S/C13H15ClN2O/c1-10(17)13-15-7-9-16(13)8-6-11-2-4-12(14)5-3-11/h2-5,7,9-10,17H,6,8H2,1H3. The third-order valence-electron chi connectivity index (χ3n) is 2.68. The van der Waals surface area contributed by atoms with Crippen LogP contribution in [-0.2, 0) is 13.0 Å². The predicted molar refractivity (Wildman–Crippen MR) is 68.0 cm³/mol. The molecule has 1 aromatic carbocycles. The Balaban J connectivity index is 2.02. The number of aliphatic hydroxyl groups is 1. The van der Waals surface area contributed by atoms with E-state index < -0.39 is 6.10 Å². The lowest BCUT2D eigenvalue weighted by Gasteiger charge is -2.09. The van der Waals surface area contributed by atoms with Crippen LogP contribution in [0.1, 0.15) is 24.4 Å². The molecule has 0 amide bonds. The third kappa shape index (κ3) is 3.08. The summed E-state index contributed by atoms with van der Waals surface area (Å²) in [5, 5.41) is 10.3. The Hall–Kier alpha value is -1.32. The molecule has 2 rings (SSSR count). The van der Waals surface area contributed by atoms with Gasteiger partial charge in [-0.25, -0.2) is 4.98 Å². The van der Waals surface area contributed by atoms with Crippen LogP contribution in [0.4, 0.5) is 0 Å². The fourth-order valence-electron chi connectivity index (χ4n) is 1.78. The third-order valence-corrected chi connectivity index (χ3v) is 2.93. The van der Waals surface area contributed by atoms with Gasteiger partial charge in [0.1, 0.15) is 11.9 Å². The summed E-state index contributed by atoms with van der Waals surface area (Å²) in [7, 11) is 0. The molecule has 1 heterocycles. The Morgan fingerprint density at radius 3 is 2.71 bits per heavy atom. The number of halogens is 1. The molecule has 1 atom stereocenters. The minimum Gasteiger partial charge on any atom is -0.385 e. The number of rotatable bonds is 4. The molecule has 90 valence electrons. The largest absolute Gasteiger partial charge is 0.385 e. The molecule has 17 heavy (non-hydrogen) atoms. The van der Waals surface area contributed by atoms with Crippen molar-refractivity contribution in [2.45, 2.75) is 26.0 Å². The van der Waals surface area contributed by atoms with Crippen molar-refractivity contribution in [3.8, 4) is 0 Å². The molecule has 0 saturated carbocycles. The monoisotopic (exact) mass is 250 g/mol. The zero-order valence-electron chi connectivity index (χ0n) is 9.68. The Morgan fingerprint density at radius 2 is 2.06 bits per heavy atom. The molecule has 0 fully saturated rings. The smallest absolute Gasteiger partial charge is 0.137 e. The normalized spacial score (nSPS) is 12.6. The van der Waals surface area contributed by atoms with E-state index in [9.17, 15) is 5.11 Å². The number of imidazole rings is 1. The summed E-state index contributed by atoms with van der Waals surface area (Å²) in [5.41, 5.74) is 1.22. The van der Waals surface area contributed by atoms with Crippen molar-refractivity contribution < 1.29 is 5.11 Å². The number of hydrogen-bond acceptors (Lipinski definition) is 2. The fraction of sp³-hybridized carbons (Fsp3) is 0.308. The molecule has 0 saturated heterocycles. The van der Waals surface area contributed by atoms with Crippen LogP contribution < -0.4 is 0 Å². The van der Waals surface area contributed by atoms with Gasteiger partial charge < -0.3 is 9.67 Å². The van der Waals surface area contributed by atoms with E-state index in [4.69, 9.17) is 11.6 Å². The van der Waals surface area contributed by atoms with Gasteiger partial charge in [0.25, 0.3) is 0 Å². The van der Waals surface area contributed by atoms with Crippen LogP contribution in [0.3, 0.4) is 0 Å². The SMILES string of the molecule is CC(O)c1nccn1CCc1ccc(Cl)cc1. The zero-order valence-corrected chi connectivity index (χ0v) is 10.4. The summed E-state index contributed by atoms with van der Waals surface area (Å²) in [6.45, 7) is 2.53. The zero-order chi connectivity index (χ0) is 12.3. The van der Waals surface area contributed by atoms with Gasteiger partial charge in [-0.2, -0.15) is 0 Å². The average molecular weight is 251 g/mol. The maximum atomic E-state index is 9.53. The molecule has 0 bridgehead atoms. The van der Waals surface area contributed by atoms with Crippen LogP contribution >= 0.6 is 11.6 Å². The highest BCUT2D eigenvalue weighted by Gasteiger charge is 2.07. The highest BCUT2D eigenvalue weighted by Crippen LogP contribution is 2.13. The van der Waals surface area contributed by atoms with Crippen LogP contribution in [-0.4, -0.2) is 14.7 Å². The van der Waals surface area contributed by atoms with Crippen molar-refractivity contribution in [1.82, 2.24) is 9.55 Å². The van der Waals surface area contributed by atoms with Gasteiger partial charge in [-0.3, -0.25) is 0 Å². The Bertz CT molecular complexity index is 476. The lowest BCUT2D eigenvalue weighted by molar-refractivity contribution is 0.183. The van der Waals surface area contributed by atoms with Crippen LogP contribution in [0.25, 0.3) is 0 Å². The second kappa shape index (κ2) is 5.34. The molecular formula is C13H15ClN2O. The van der Waals surface area contributed by atoms with Crippen LogP contribution in [0.5, 0.6) is 0 Å². The molecule has 1 unspecified atom stereocenters. The van der Waals surface area contributed by atoms with Gasteiger partial charge in [0.2, 0.25) is 0 Å². The summed E-state index contributed by atoms with van der Waals surface area (Å²) in [4.78, 5) is 4.13. The van der Waals surface area contributed by atoms with E-state index in [2.05, 4.69) is 4.98 Å². The van der Waals surface area contributed by atoms with Crippen molar-refractivity contribution in [3.05, 3.63) is 53.1 Å². The van der Waals surface area contributed by atoms with E-state index in [0.29, 0.717) is 5.82 Å². The Kier molecular flexibility index (Phi) is 3.82. The highest BCUT2D eigenvalue weighted by molar-refractivity contribution is 6.30. The molecule has 3 nitrogen and oxygen atoms in total. The maximum Gasteiger partial charge on any atom is 0.137 e. The van der Waals surface area contributed by atoms with E-state index in [1.807, 2.05) is 35.0 Å².